The van der Waals surface area contributed by atoms with Crippen LogP contribution in [0, 0.1) is 0 Å². The van der Waals surface area contributed by atoms with Crippen molar-refractivity contribution in [2.75, 3.05) is 13.1 Å². The third kappa shape index (κ3) is 5.87. The first kappa shape index (κ1) is 15.0. The Balaban J connectivity index is 2.24. The molecule has 102 valence electrons. The van der Waals surface area contributed by atoms with Crippen LogP contribution >= 0.6 is 0 Å². The fourth-order valence-corrected chi connectivity index (χ4v) is 2.53. The number of unbranched alkanes of at least 4 members (excludes halogenated alkanes) is 1. The highest BCUT2D eigenvalue weighted by atomic mass is 15.2. The summed E-state index contributed by atoms with van der Waals surface area (Å²) >= 11 is 0. The molecule has 0 amide bonds. The quantitative estimate of drug-likeness (QED) is 0.629. The van der Waals surface area contributed by atoms with Crippen molar-refractivity contribution in [3.05, 3.63) is 0 Å². The van der Waals surface area contributed by atoms with Gasteiger partial charge in [-0.2, -0.15) is 0 Å². The molecule has 0 heterocycles. The Bertz CT molecular complexity index is 189. The predicted octanol–water partition coefficient (Wildman–Crippen LogP) is 3.42. The Morgan fingerprint density at radius 3 is 2.41 bits per heavy atom. The lowest BCUT2D eigenvalue weighted by Crippen LogP contribution is -2.44. The molecular weight excluding hydrogens is 208 g/mol. The van der Waals surface area contributed by atoms with E-state index in [1.54, 1.807) is 0 Å². The van der Waals surface area contributed by atoms with Crippen LogP contribution in [0.1, 0.15) is 66.2 Å². The van der Waals surface area contributed by atoms with E-state index in [4.69, 9.17) is 0 Å². The highest BCUT2D eigenvalue weighted by Crippen LogP contribution is 2.28. The maximum atomic E-state index is 3.68. The zero-order chi connectivity index (χ0) is 12.7. The highest BCUT2D eigenvalue weighted by Gasteiger charge is 2.31. The first-order valence-corrected chi connectivity index (χ1v) is 7.68. The predicted molar refractivity (Wildman–Crippen MR) is 76.5 cm³/mol. The third-order valence-corrected chi connectivity index (χ3v) is 3.84. The number of hydrogen-bond donors (Lipinski definition) is 1. The van der Waals surface area contributed by atoms with Crippen LogP contribution in [0.25, 0.3) is 0 Å². The molecule has 1 saturated carbocycles. The molecule has 0 saturated heterocycles. The Morgan fingerprint density at radius 1 is 1.18 bits per heavy atom. The Kier molecular flexibility index (Phi) is 7.14. The Morgan fingerprint density at radius 2 is 1.88 bits per heavy atom. The molecule has 17 heavy (non-hydrogen) atoms. The van der Waals surface area contributed by atoms with Gasteiger partial charge in [-0.3, -0.25) is 4.90 Å². The Hall–Kier alpha value is -0.0800. The molecule has 0 aromatic rings. The van der Waals surface area contributed by atoms with E-state index in [1.165, 1.54) is 45.1 Å². The summed E-state index contributed by atoms with van der Waals surface area (Å²) in [5.74, 6) is 0. The van der Waals surface area contributed by atoms with Crippen molar-refractivity contribution in [2.24, 2.45) is 0 Å². The summed E-state index contributed by atoms with van der Waals surface area (Å²) in [5, 5.41) is 3.68. The van der Waals surface area contributed by atoms with E-state index in [1.807, 2.05) is 0 Å². The first-order chi connectivity index (χ1) is 8.19. The van der Waals surface area contributed by atoms with Crippen LogP contribution in [-0.4, -0.2) is 36.1 Å². The van der Waals surface area contributed by atoms with E-state index >= 15 is 0 Å². The van der Waals surface area contributed by atoms with Gasteiger partial charge in [-0.25, -0.2) is 0 Å². The lowest BCUT2D eigenvalue weighted by molar-refractivity contribution is 0.187. The maximum absolute atomic E-state index is 3.68. The number of rotatable bonds is 10. The van der Waals surface area contributed by atoms with Crippen molar-refractivity contribution in [3.63, 3.8) is 0 Å². The van der Waals surface area contributed by atoms with Crippen LogP contribution in [-0.2, 0) is 0 Å². The summed E-state index contributed by atoms with van der Waals surface area (Å²) in [7, 11) is 0. The molecule has 2 nitrogen and oxygen atoms in total. The van der Waals surface area contributed by atoms with Crippen molar-refractivity contribution in [1.29, 1.82) is 0 Å². The fraction of sp³-hybridized carbons (Fsp3) is 1.00. The molecule has 1 aliphatic rings. The molecule has 2 heteroatoms. The summed E-state index contributed by atoms with van der Waals surface area (Å²) in [6.45, 7) is 11.7. The van der Waals surface area contributed by atoms with Gasteiger partial charge >= 0.3 is 0 Å². The van der Waals surface area contributed by atoms with Crippen molar-refractivity contribution in [1.82, 2.24) is 10.2 Å². The van der Waals surface area contributed by atoms with Gasteiger partial charge in [0.1, 0.15) is 0 Å². The molecule has 1 rings (SSSR count). The van der Waals surface area contributed by atoms with Crippen LogP contribution in [0.4, 0.5) is 0 Å². The molecule has 0 bridgehead atoms. The molecule has 0 aliphatic heterocycles. The van der Waals surface area contributed by atoms with Gasteiger partial charge in [-0.05, 0) is 46.1 Å². The van der Waals surface area contributed by atoms with Crippen LogP contribution in [0.2, 0.25) is 0 Å². The van der Waals surface area contributed by atoms with E-state index in [0.717, 1.165) is 12.6 Å². The zero-order valence-corrected chi connectivity index (χ0v) is 12.3. The van der Waals surface area contributed by atoms with Gasteiger partial charge in [0.25, 0.3) is 0 Å². The number of nitrogens with zero attached hydrogens (tertiary/aromatic N) is 1. The van der Waals surface area contributed by atoms with E-state index in [-0.39, 0.29) is 0 Å². The molecule has 0 aromatic heterocycles. The molecular formula is C15H32N2. The molecule has 0 aromatic carbocycles. The van der Waals surface area contributed by atoms with Crippen LogP contribution in [0.3, 0.4) is 0 Å². The summed E-state index contributed by atoms with van der Waals surface area (Å²) in [4.78, 5) is 2.73. The van der Waals surface area contributed by atoms with Crippen molar-refractivity contribution < 1.29 is 0 Å². The van der Waals surface area contributed by atoms with Gasteiger partial charge < -0.3 is 5.32 Å². The fourth-order valence-electron chi connectivity index (χ4n) is 2.53. The summed E-state index contributed by atoms with van der Waals surface area (Å²) in [6.07, 6.45) is 8.11. The maximum Gasteiger partial charge on any atom is 0.0195 e. The van der Waals surface area contributed by atoms with Gasteiger partial charge in [0.2, 0.25) is 0 Å². The van der Waals surface area contributed by atoms with E-state index in [9.17, 15) is 0 Å². The third-order valence-electron chi connectivity index (χ3n) is 3.84. The van der Waals surface area contributed by atoms with Crippen LogP contribution in [0.5, 0.6) is 0 Å². The minimum atomic E-state index is 0.676. The van der Waals surface area contributed by atoms with Gasteiger partial charge in [0.05, 0.1) is 0 Å². The average molecular weight is 240 g/mol. The monoisotopic (exact) mass is 240 g/mol. The molecule has 2 unspecified atom stereocenters. The first-order valence-electron chi connectivity index (χ1n) is 7.68. The standard InChI is InChI=1S/C15H32N2/c1-5-7-11-17(15-9-10-15)14(4)12-16-13(3)8-6-2/h13-16H,5-12H2,1-4H3. The normalized spacial score (nSPS) is 19.6. The van der Waals surface area contributed by atoms with E-state index in [2.05, 4.69) is 37.9 Å². The average Bonchev–Trinajstić information content (AvgIpc) is 3.11. The topological polar surface area (TPSA) is 15.3 Å². The second-order valence-electron chi connectivity index (χ2n) is 5.77. The number of hydrogen-bond acceptors (Lipinski definition) is 2. The molecule has 2 atom stereocenters. The largest absolute Gasteiger partial charge is 0.313 e. The second-order valence-corrected chi connectivity index (χ2v) is 5.77. The minimum Gasteiger partial charge on any atom is -0.313 e. The molecule has 0 spiro atoms. The summed E-state index contributed by atoms with van der Waals surface area (Å²) < 4.78 is 0. The molecule has 0 radical (unpaired) electrons. The van der Waals surface area contributed by atoms with Crippen molar-refractivity contribution in [2.45, 2.75) is 84.3 Å². The van der Waals surface area contributed by atoms with Gasteiger partial charge in [0, 0.05) is 24.7 Å². The van der Waals surface area contributed by atoms with Crippen molar-refractivity contribution in [3.8, 4) is 0 Å². The minimum absolute atomic E-state index is 0.676. The lowest BCUT2D eigenvalue weighted by atomic mass is 10.1. The van der Waals surface area contributed by atoms with E-state index in [0.29, 0.717) is 12.1 Å². The SMILES string of the molecule is CCCCN(C(C)CNC(C)CCC)C1CC1. The van der Waals surface area contributed by atoms with Crippen LogP contribution < -0.4 is 5.32 Å². The van der Waals surface area contributed by atoms with Crippen molar-refractivity contribution >= 4 is 0 Å². The smallest absolute Gasteiger partial charge is 0.0195 e. The lowest BCUT2D eigenvalue weighted by Gasteiger charge is -2.30. The molecule has 1 aliphatic carbocycles. The van der Waals surface area contributed by atoms with Crippen LogP contribution in [0.15, 0.2) is 0 Å². The Labute approximate surface area is 108 Å². The van der Waals surface area contributed by atoms with Gasteiger partial charge in [-0.15, -0.1) is 0 Å². The number of nitrogens with one attached hydrogen (secondary N) is 1. The zero-order valence-electron chi connectivity index (χ0n) is 12.3. The van der Waals surface area contributed by atoms with Gasteiger partial charge in [0.15, 0.2) is 0 Å². The summed E-state index contributed by atoms with van der Waals surface area (Å²) in [5.41, 5.74) is 0. The molecule has 1 fully saturated rings. The second kappa shape index (κ2) is 8.10. The summed E-state index contributed by atoms with van der Waals surface area (Å²) in [6, 6.07) is 2.28. The van der Waals surface area contributed by atoms with E-state index < -0.39 is 0 Å². The highest BCUT2D eigenvalue weighted by molar-refractivity contribution is 4.88. The molecule has 1 N–H and O–H groups in total. The van der Waals surface area contributed by atoms with Gasteiger partial charge in [-0.1, -0.05) is 26.7 Å².